The number of aliphatic hydroxyl groups is 1. The number of ether oxygens (including phenoxy) is 1. The van der Waals surface area contributed by atoms with Gasteiger partial charge in [-0.15, -0.1) is 0 Å². The molecule has 0 saturated carbocycles. The molecule has 0 aliphatic heterocycles. The first kappa shape index (κ1) is 24.7. The van der Waals surface area contributed by atoms with E-state index in [9.17, 15) is 14.3 Å². The number of pyridine rings is 2. The molecule has 0 saturated heterocycles. The number of aromatic amines is 1. The molecule has 3 heterocycles. The predicted octanol–water partition coefficient (Wildman–Crippen LogP) is 5.15. The number of aromatic nitrogens is 4. The van der Waals surface area contributed by atoms with Gasteiger partial charge in [-0.25, -0.2) is 14.2 Å². The van der Waals surface area contributed by atoms with Crippen molar-refractivity contribution in [2.24, 2.45) is 0 Å². The lowest BCUT2D eigenvalue weighted by Gasteiger charge is -2.14. The summed E-state index contributed by atoms with van der Waals surface area (Å²) in [5.74, 6) is 0.211. The van der Waals surface area contributed by atoms with Crippen molar-refractivity contribution in [3.8, 4) is 22.8 Å². The van der Waals surface area contributed by atoms with Gasteiger partial charge in [0.1, 0.15) is 11.6 Å². The minimum Gasteiger partial charge on any atom is -0.439 e. The third-order valence-corrected chi connectivity index (χ3v) is 5.64. The lowest BCUT2D eigenvalue weighted by molar-refractivity contribution is 0.204. The molecule has 0 aliphatic rings. The van der Waals surface area contributed by atoms with Crippen molar-refractivity contribution in [2.45, 2.75) is 6.23 Å². The number of nitrogens with zero attached hydrogens (tertiary/aromatic N) is 4. The number of fused-ring (bicyclic) bond motifs is 1. The first-order chi connectivity index (χ1) is 18.4. The molecule has 4 N–H and O–H groups in total. The first-order valence-electron chi connectivity index (χ1n) is 11.6. The lowest BCUT2D eigenvalue weighted by atomic mass is 10.0. The fourth-order valence-corrected chi connectivity index (χ4v) is 3.73. The van der Waals surface area contributed by atoms with Gasteiger partial charge in [-0.2, -0.15) is 5.10 Å². The van der Waals surface area contributed by atoms with Crippen molar-refractivity contribution in [1.82, 2.24) is 25.1 Å². The second kappa shape index (κ2) is 10.5. The number of benzene rings is 2. The molecule has 192 valence electrons. The second-order valence-corrected chi connectivity index (χ2v) is 8.65. The number of hydrogen-bond acceptors (Lipinski definition) is 7. The molecule has 0 aliphatic carbocycles. The maximum absolute atomic E-state index is 13.4. The summed E-state index contributed by atoms with van der Waals surface area (Å²) in [6.45, 7) is 0. The zero-order valence-electron chi connectivity index (χ0n) is 20.5. The van der Waals surface area contributed by atoms with Crippen LogP contribution in [0.15, 0.2) is 79.3 Å². The smallest absolute Gasteiger partial charge is 0.321 e. The highest BCUT2D eigenvalue weighted by molar-refractivity contribution is 5.91. The number of carbonyl (C=O) groups excluding carboxylic acids is 1. The van der Waals surface area contributed by atoms with Crippen molar-refractivity contribution in [2.75, 3.05) is 24.7 Å². The van der Waals surface area contributed by atoms with Gasteiger partial charge in [0.15, 0.2) is 6.23 Å². The normalized spacial score (nSPS) is 11.7. The van der Waals surface area contributed by atoms with Crippen LogP contribution in [-0.4, -0.2) is 50.3 Å². The number of rotatable bonds is 7. The van der Waals surface area contributed by atoms with Crippen LogP contribution in [0.3, 0.4) is 0 Å². The summed E-state index contributed by atoms with van der Waals surface area (Å²) in [4.78, 5) is 21.9. The van der Waals surface area contributed by atoms with Gasteiger partial charge in [0, 0.05) is 43.4 Å². The van der Waals surface area contributed by atoms with E-state index < -0.39 is 12.0 Å². The average Bonchev–Trinajstić information content (AvgIpc) is 3.33. The van der Waals surface area contributed by atoms with Crippen molar-refractivity contribution in [3.63, 3.8) is 0 Å². The van der Waals surface area contributed by atoms with Gasteiger partial charge in [-0.3, -0.25) is 10.1 Å². The molecular weight excluding hydrogens is 489 g/mol. The van der Waals surface area contributed by atoms with Gasteiger partial charge in [0.05, 0.1) is 35.0 Å². The highest BCUT2D eigenvalue weighted by Crippen LogP contribution is 2.30. The molecule has 0 radical (unpaired) electrons. The number of carbonyl (C=O) groups is 1. The van der Waals surface area contributed by atoms with Crippen LogP contribution in [0.25, 0.3) is 22.0 Å². The van der Waals surface area contributed by atoms with Gasteiger partial charge in [0.2, 0.25) is 5.88 Å². The third kappa shape index (κ3) is 5.52. The van der Waals surface area contributed by atoms with Crippen LogP contribution >= 0.6 is 0 Å². The predicted molar refractivity (Wildman–Crippen MR) is 141 cm³/mol. The Morgan fingerprint density at radius 2 is 1.89 bits per heavy atom. The van der Waals surface area contributed by atoms with Crippen LogP contribution in [0.5, 0.6) is 11.6 Å². The molecule has 38 heavy (non-hydrogen) atoms. The fourth-order valence-electron chi connectivity index (χ4n) is 3.73. The Labute approximate surface area is 217 Å². The molecule has 2 aromatic carbocycles. The first-order valence-corrected chi connectivity index (χ1v) is 11.6. The van der Waals surface area contributed by atoms with Crippen LogP contribution in [0.2, 0.25) is 0 Å². The number of aliphatic hydroxyl groups excluding tert-OH is 1. The van der Waals surface area contributed by atoms with E-state index in [-0.39, 0.29) is 11.9 Å². The van der Waals surface area contributed by atoms with E-state index >= 15 is 0 Å². The number of H-pyrrole nitrogens is 1. The molecule has 10 nitrogen and oxygen atoms in total. The Morgan fingerprint density at radius 1 is 1.03 bits per heavy atom. The van der Waals surface area contributed by atoms with E-state index in [4.69, 9.17) is 4.74 Å². The van der Waals surface area contributed by atoms with Crippen molar-refractivity contribution in [3.05, 3.63) is 90.8 Å². The highest BCUT2D eigenvalue weighted by atomic mass is 19.1. The fraction of sp³-hybridized carbons (Fsp3) is 0.111. The summed E-state index contributed by atoms with van der Waals surface area (Å²) >= 11 is 0. The molecule has 1 atom stereocenters. The third-order valence-electron chi connectivity index (χ3n) is 5.64. The van der Waals surface area contributed by atoms with E-state index in [1.807, 2.05) is 24.3 Å². The van der Waals surface area contributed by atoms with Gasteiger partial charge in [-0.1, -0.05) is 12.1 Å². The lowest BCUT2D eigenvalue weighted by Crippen LogP contribution is -2.27. The number of urea groups is 1. The van der Waals surface area contributed by atoms with Gasteiger partial charge < -0.3 is 25.4 Å². The molecule has 5 aromatic rings. The molecule has 0 fully saturated rings. The Kier molecular flexibility index (Phi) is 6.83. The van der Waals surface area contributed by atoms with Crippen molar-refractivity contribution in [1.29, 1.82) is 0 Å². The maximum atomic E-state index is 13.4. The SMILES string of the molecule is CN(C)C(=O)Nc1cncc(-c2ccc3n[nH]c(C(O)Nc4ccc(Oc5cccc(F)c5)nc4)c3c2)c1. The summed E-state index contributed by atoms with van der Waals surface area (Å²) in [5, 5.41) is 24.6. The zero-order valence-corrected chi connectivity index (χ0v) is 20.5. The zero-order chi connectivity index (χ0) is 26.6. The van der Waals surface area contributed by atoms with E-state index in [0.29, 0.717) is 33.7 Å². The Morgan fingerprint density at radius 3 is 2.66 bits per heavy atom. The molecule has 11 heteroatoms. The van der Waals surface area contributed by atoms with Crippen LogP contribution in [0.4, 0.5) is 20.6 Å². The maximum Gasteiger partial charge on any atom is 0.321 e. The standard InChI is InChI=1S/C27H24FN7O3/c1-35(2)27(37)32-20-10-17(13-29-14-20)16-6-8-23-22(11-16)25(34-33-23)26(36)31-19-7-9-24(30-15-19)38-21-5-3-4-18(28)12-21/h3-15,26,31,36H,1-2H3,(H,32,37)(H,33,34). The number of nitrogens with one attached hydrogen (secondary N) is 3. The molecule has 0 bridgehead atoms. The van der Waals surface area contributed by atoms with E-state index in [2.05, 4.69) is 30.8 Å². The summed E-state index contributed by atoms with van der Waals surface area (Å²) in [6, 6.07) is 16.3. The van der Waals surface area contributed by atoms with Crippen LogP contribution in [-0.2, 0) is 0 Å². The van der Waals surface area contributed by atoms with Crippen LogP contribution in [0, 0.1) is 5.82 Å². The van der Waals surface area contributed by atoms with Gasteiger partial charge >= 0.3 is 6.03 Å². The number of anilines is 2. The monoisotopic (exact) mass is 513 g/mol. The van der Waals surface area contributed by atoms with Crippen molar-refractivity contribution < 1.29 is 19.0 Å². The largest absolute Gasteiger partial charge is 0.439 e. The van der Waals surface area contributed by atoms with Crippen LogP contribution < -0.4 is 15.4 Å². The Bertz CT molecular complexity index is 1590. The van der Waals surface area contributed by atoms with Crippen molar-refractivity contribution >= 4 is 28.3 Å². The Balaban J connectivity index is 1.33. The topological polar surface area (TPSA) is 128 Å². The Hall–Kier alpha value is -5.03. The van der Waals surface area contributed by atoms with Crippen LogP contribution in [0.1, 0.15) is 11.9 Å². The molecule has 2 amide bonds. The quantitative estimate of drug-likeness (QED) is 0.222. The van der Waals surface area contributed by atoms with E-state index in [0.717, 1.165) is 11.1 Å². The number of halogens is 1. The molecule has 1 unspecified atom stereocenters. The molecule has 3 aromatic heterocycles. The molecular formula is C27H24FN7O3. The second-order valence-electron chi connectivity index (χ2n) is 8.65. The highest BCUT2D eigenvalue weighted by Gasteiger charge is 2.16. The summed E-state index contributed by atoms with van der Waals surface area (Å²) in [6.07, 6.45) is 3.65. The van der Waals surface area contributed by atoms with E-state index in [1.54, 1.807) is 50.8 Å². The summed E-state index contributed by atoms with van der Waals surface area (Å²) in [5.41, 5.74) is 3.86. The average molecular weight is 514 g/mol. The van der Waals surface area contributed by atoms with Gasteiger partial charge in [0.25, 0.3) is 0 Å². The summed E-state index contributed by atoms with van der Waals surface area (Å²) in [7, 11) is 3.32. The molecule has 5 rings (SSSR count). The minimum atomic E-state index is -1.11. The minimum absolute atomic E-state index is 0.256. The van der Waals surface area contributed by atoms with Gasteiger partial charge in [-0.05, 0) is 42.0 Å². The molecule has 0 spiro atoms. The number of hydrogen-bond donors (Lipinski definition) is 4. The summed E-state index contributed by atoms with van der Waals surface area (Å²) < 4.78 is 18.9. The number of amides is 2. The van der Waals surface area contributed by atoms with E-state index in [1.165, 1.54) is 23.2 Å².